The molecule has 1 N–H and O–H groups in total. The molecule has 0 bridgehead atoms. The molecule has 1 heterocycles. The summed E-state index contributed by atoms with van der Waals surface area (Å²) >= 11 is 3.49. The molecule has 0 aliphatic carbocycles. The topological polar surface area (TPSA) is 32.3 Å². The minimum atomic E-state index is -0.142. The molecule has 0 radical (unpaired) electrons. The fourth-order valence-corrected chi connectivity index (χ4v) is 3.30. The zero-order valence-electron chi connectivity index (χ0n) is 12.9. The zero-order valence-corrected chi connectivity index (χ0v) is 14.5. The molecule has 1 aliphatic rings. The lowest BCUT2D eigenvalue weighted by Gasteiger charge is -2.27. The number of amides is 1. The molecule has 2 atom stereocenters. The molecule has 3 nitrogen and oxygen atoms in total. The monoisotopic (exact) mass is 352 g/mol. The SMILES string of the molecule is CC(N[C@H](C)c1cccc(Br)c1)C(=O)N1CCCCCC1. The van der Waals surface area contributed by atoms with Gasteiger partial charge in [0.1, 0.15) is 0 Å². The van der Waals surface area contributed by atoms with Gasteiger partial charge in [0.05, 0.1) is 6.04 Å². The molecule has 1 fully saturated rings. The van der Waals surface area contributed by atoms with Crippen LogP contribution in [0.4, 0.5) is 0 Å². The van der Waals surface area contributed by atoms with E-state index in [1.807, 2.05) is 24.0 Å². The van der Waals surface area contributed by atoms with Gasteiger partial charge < -0.3 is 4.90 Å². The second-order valence-corrected chi connectivity index (χ2v) is 6.82. The van der Waals surface area contributed by atoms with E-state index in [-0.39, 0.29) is 18.0 Å². The van der Waals surface area contributed by atoms with Crippen LogP contribution in [0.3, 0.4) is 0 Å². The molecule has 0 saturated carbocycles. The first-order valence-electron chi connectivity index (χ1n) is 7.88. The van der Waals surface area contributed by atoms with Crippen molar-refractivity contribution >= 4 is 21.8 Å². The highest BCUT2D eigenvalue weighted by Gasteiger charge is 2.22. The number of halogens is 1. The fraction of sp³-hybridized carbons (Fsp3) is 0.588. The predicted molar refractivity (Wildman–Crippen MR) is 90.2 cm³/mol. The van der Waals surface area contributed by atoms with Crippen LogP contribution in [0.25, 0.3) is 0 Å². The van der Waals surface area contributed by atoms with E-state index >= 15 is 0 Å². The predicted octanol–water partition coefficient (Wildman–Crippen LogP) is 3.89. The lowest BCUT2D eigenvalue weighted by atomic mass is 10.1. The summed E-state index contributed by atoms with van der Waals surface area (Å²) in [6.45, 7) is 5.90. The molecule has 0 spiro atoms. The first-order chi connectivity index (χ1) is 10.1. The van der Waals surface area contributed by atoms with E-state index in [4.69, 9.17) is 0 Å². The summed E-state index contributed by atoms with van der Waals surface area (Å²) in [7, 11) is 0. The number of nitrogens with one attached hydrogen (secondary N) is 1. The third-order valence-corrected chi connectivity index (χ3v) is 4.63. The summed E-state index contributed by atoms with van der Waals surface area (Å²) in [6, 6.07) is 8.25. The summed E-state index contributed by atoms with van der Waals surface area (Å²) in [5, 5.41) is 3.43. The van der Waals surface area contributed by atoms with Gasteiger partial charge in [-0.2, -0.15) is 0 Å². The van der Waals surface area contributed by atoms with Gasteiger partial charge in [0, 0.05) is 23.6 Å². The van der Waals surface area contributed by atoms with E-state index < -0.39 is 0 Å². The maximum absolute atomic E-state index is 12.5. The van der Waals surface area contributed by atoms with Gasteiger partial charge in [0.15, 0.2) is 0 Å². The maximum atomic E-state index is 12.5. The Morgan fingerprint density at radius 1 is 1.19 bits per heavy atom. The molecule has 1 aliphatic heterocycles. The summed E-state index contributed by atoms with van der Waals surface area (Å²) in [4.78, 5) is 14.6. The maximum Gasteiger partial charge on any atom is 0.239 e. The molecule has 2 rings (SSSR count). The van der Waals surface area contributed by atoms with Gasteiger partial charge in [0.25, 0.3) is 0 Å². The summed E-state index contributed by atoms with van der Waals surface area (Å²) in [5.74, 6) is 0.235. The van der Waals surface area contributed by atoms with Crippen molar-refractivity contribution in [3.8, 4) is 0 Å². The Hall–Kier alpha value is -0.870. The van der Waals surface area contributed by atoms with Crippen molar-refractivity contribution < 1.29 is 4.79 Å². The Morgan fingerprint density at radius 3 is 2.48 bits per heavy atom. The Bertz CT molecular complexity index is 470. The Balaban J connectivity index is 1.93. The highest BCUT2D eigenvalue weighted by Crippen LogP contribution is 2.19. The third-order valence-electron chi connectivity index (χ3n) is 4.14. The summed E-state index contributed by atoms with van der Waals surface area (Å²) < 4.78 is 1.07. The van der Waals surface area contributed by atoms with Gasteiger partial charge in [-0.05, 0) is 44.4 Å². The van der Waals surface area contributed by atoms with Crippen molar-refractivity contribution in [2.75, 3.05) is 13.1 Å². The largest absolute Gasteiger partial charge is 0.341 e. The van der Waals surface area contributed by atoms with Gasteiger partial charge in [-0.1, -0.05) is 40.9 Å². The number of hydrogen-bond acceptors (Lipinski definition) is 2. The van der Waals surface area contributed by atoms with Crippen molar-refractivity contribution in [2.45, 2.75) is 51.6 Å². The van der Waals surface area contributed by atoms with Crippen molar-refractivity contribution in [1.82, 2.24) is 10.2 Å². The van der Waals surface area contributed by atoms with Gasteiger partial charge in [-0.25, -0.2) is 0 Å². The first kappa shape index (κ1) is 16.5. The molecule has 1 aromatic rings. The highest BCUT2D eigenvalue weighted by atomic mass is 79.9. The average Bonchev–Trinajstić information content (AvgIpc) is 2.75. The van der Waals surface area contributed by atoms with Gasteiger partial charge in [-0.3, -0.25) is 10.1 Å². The van der Waals surface area contributed by atoms with Crippen molar-refractivity contribution in [3.63, 3.8) is 0 Å². The lowest BCUT2D eigenvalue weighted by molar-refractivity contribution is -0.133. The van der Waals surface area contributed by atoms with Gasteiger partial charge in [0.2, 0.25) is 5.91 Å². The van der Waals surface area contributed by atoms with Crippen LogP contribution in [0, 0.1) is 0 Å². The smallest absolute Gasteiger partial charge is 0.239 e. The van der Waals surface area contributed by atoms with Crippen molar-refractivity contribution in [1.29, 1.82) is 0 Å². The molecule has 1 aromatic carbocycles. The molecule has 4 heteroatoms. The fourth-order valence-electron chi connectivity index (χ4n) is 2.88. The van der Waals surface area contributed by atoms with E-state index in [0.29, 0.717) is 0 Å². The van der Waals surface area contributed by atoms with Crippen LogP contribution in [0.5, 0.6) is 0 Å². The number of hydrogen-bond donors (Lipinski definition) is 1. The number of likely N-dealkylation sites (tertiary alicyclic amines) is 1. The lowest BCUT2D eigenvalue weighted by Crippen LogP contribution is -2.45. The normalized spacial score (nSPS) is 18.9. The minimum Gasteiger partial charge on any atom is -0.341 e. The van der Waals surface area contributed by atoms with E-state index in [1.165, 1.54) is 18.4 Å². The zero-order chi connectivity index (χ0) is 15.2. The Kier molecular flexibility index (Phi) is 6.24. The number of carbonyl (C=O) groups excluding carboxylic acids is 1. The number of benzene rings is 1. The van der Waals surface area contributed by atoms with Crippen LogP contribution < -0.4 is 5.32 Å². The molecule has 1 unspecified atom stereocenters. The van der Waals surface area contributed by atoms with Crippen LogP contribution in [-0.2, 0) is 4.79 Å². The molecule has 1 saturated heterocycles. The second kappa shape index (κ2) is 7.95. The molecule has 1 amide bonds. The van der Waals surface area contributed by atoms with Crippen LogP contribution in [0.2, 0.25) is 0 Å². The Labute approximate surface area is 136 Å². The van der Waals surface area contributed by atoms with Crippen LogP contribution in [0.15, 0.2) is 28.7 Å². The molecule has 0 aromatic heterocycles. The summed E-state index contributed by atoms with van der Waals surface area (Å²) in [6.07, 6.45) is 4.78. The molecular formula is C17H25BrN2O. The van der Waals surface area contributed by atoms with Gasteiger partial charge in [-0.15, -0.1) is 0 Å². The quantitative estimate of drug-likeness (QED) is 0.891. The van der Waals surface area contributed by atoms with E-state index in [0.717, 1.165) is 30.4 Å². The summed E-state index contributed by atoms with van der Waals surface area (Å²) in [5.41, 5.74) is 1.19. The van der Waals surface area contributed by atoms with Crippen LogP contribution >= 0.6 is 15.9 Å². The van der Waals surface area contributed by atoms with E-state index in [1.54, 1.807) is 0 Å². The molecule has 21 heavy (non-hydrogen) atoms. The van der Waals surface area contributed by atoms with Crippen molar-refractivity contribution in [3.05, 3.63) is 34.3 Å². The average molecular weight is 353 g/mol. The number of nitrogens with zero attached hydrogens (tertiary/aromatic N) is 1. The standard InChI is InChI=1S/C17H25BrN2O/c1-13(15-8-7-9-16(18)12-15)19-14(2)17(21)20-10-5-3-4-6-11-20/h7-9,12-14,19H,3-6,10-11H2,1-2H3/t13-,14?/m1/s1. The molecular weight excluding hydrogens is 328 g/mol. The Morgan fingerprint density at radius 2 is 1.86 bits per heavy atom. The number of rotatable bonds is 4. The minimum absolute atomic E-state index is 0.142. The van der Waals surface area contributed by atoms with Crippen LogP contribution in [-0.4, -0.2) is 29.9 Å². The first-order valence-corrected chi connectivity index (χ1v) is 8.67. The van der Waals surface area contributed by atoms with E-state index in [9.17, 15) is 4.79 Å². The third kappa shape index (κ3) is 4.82. The highest BCUT2D eigenvalue weighted by molar-refractivity contribution is 9.10. The van der Waals surface area contributed by atoms with E-state index in [2.05, 4.69) is 40.3 Å². The second-order valence-electron chi connectivity index (χ2n) is 5.90. The van der Waals surface area contributed by atoms with Gasteiger partial charge >= 0.3 is 0 Å². The van der Waals surface area contributed by atoms with Crippen molar-refractivity contribution in [2.24, 2.45) is 0 Å². The van der Waals surface area contributed by atoms with Crippen LogP contribution in [0.1, 0.15) is 51.1 Å². The number of carbonyl (C=O) groups is 1. The molecule has 116 valence electrons.